The van der Waals surface area contributed by atoms with Crippen LogP contribution in [0.5, 0.6) is 0 Å². The molecule has 0 spiro atoms. The maximum absolute atomic E-state index is 13.5. The summed E-state index contributed by atoms with van der Waals surface area (Å²) in [5, 5.41) is 2.54. The molecule has 0 unspecified atom stereocenters. The standard InChI is InChI=1S/C24H26ClN3O4S/c1-3-18-9-8-10-20(15-18)28(17-23(29)26-2)24(30)19-11-12-21(25)22(16-19)33(31,32)27-13-6-4-5-7-14-27/h1,8-12,15-16H,4-7,13-14,17H2,2H3,(H,26,29). The second-order valence-corrected chi connectivity index (χ2v) is 10.0. The highest BCUT2D eigenvalue weighted by atomic mass is 35.5. The Morgan fingerprint density at radius 1 is 1.12 bits per heavy atom. The number of rotatable bonds is 6. The number of amides is 2. The number of hydrogen-bond donors (Lipinski definition) is 1. The number of anilines is 1. The van der Waals surface area contributed by atoms with Gasteiger partial charge in [0.15, 0.2) is 0 Å². The first-order valence-electron chi connectivity index (χ1n) is 10.7. The molecule has 1 aliphatic rings. The Labute approximate surface area is 199 Å². The van der Waals surface area contributed by atoms with Gasteiger partial charge in [0, 0.05) is 37.0 Å². The molecule has 0 bridgehead atoms. The molecule has 0 aliphatic carbocycles. The maximum Gasteiger partial charge on any atom is 0.258 e. The summed E-state index contributed by atoms with van der Waals surface area (Å²) >= 11 is 6.27. The molecule has 2 aromatic rings. The lowest BCUT2D eigenvalue weighted by Gasteiger charge is -2.24. The smallest absolute Gasteiger partial charge is 0.258 e. The van der Waals surface area contributed by atoms with E-state index in [9.17, 15) is 18.0 Å². The Kier molecular flexibility index (Phi) is 8.14. The minimum Gasteiger partial charge on any atom is -0.358 e. The van der Waals surface area contributed by atoms with Gasteiger partial charge in [-0.15, -0.1) is 6.42 Å². The summed E-state index contributed by atoms with van der Waals surface area (Å²) in [5.41, 5.74) is 1.07. The van der Waals surface area contributed by atoms with Gasteiger partial charge in [0.05, 0.1) is 5.02 Å². The molecule has 0 aromatic heterocycles. The fraction of sp³-hybridized carbons (Fsp3) is 0.333. The number of nitrogens with one attached hydrogen (secondary N) is 1. The Morgan fingerprint density at radius 3 is 2.45 bits per heavy atom. The van der Waals surface area contributed by atoms with Crippen molar-refractivity contribution in [2.24, 2.45) is 0 Å². The second-order valence-electron chi connectivity index (χ2n) is 7.72. The lowest BCUT2D eigenvalue weighted by atomic mass is 10.1. The average molecular weight is 488 g/mol. The van der Waals surface area contributed by atoms with Crippen LogP contribution in [0, 0.1) is 12.3 Å². The summed E-state index contributed by atoms with van der Waals surface area (Å²) in [4.78, 5) is 26.7. The molecule has 174 valence electrons. The van der Waals surface area contributed by atoms with Crippen molar-refractivity contribution in [1.29, 1.82) is 0 Å². The van der Waals surface area contributed by atoms with Gasteiger partial charge in [0.2, 0.25) is 15.9 Å². The summed E-state index contributed by atoms with van der Waals surface area (Å²) in [7, 11) is -2.41. The molecule has 1 N–H and O–H groups in total. The van der Waals surface area contributed by atoms with Crippen LogP contribution in [0.4, 0.5) is 5.69 Å². The van der Waals surface area contributed by atoms with Crippen molar-refractivity contribution in [2.75, 3.05) is 31.6 Å². The summed E-state index contributed by atoms with van der Waals surface area (Å²) in [5.74, 6) is 1.57. The Hall–Kier alpha value is -2.86. The molecule has 2 amide bonds. The van der Waals surface area contributed by atoms with Crippen molar-refractivity contribution in [3.05, 3.63) is 58.6 Å². The first-order chi connectivity index (χ1) is 15.8. The lowest BCUT2D eigenvalue weighted by molar-refractivity contribution is -0.119. The predicted octanol–water partition coefficient (Wildman–Crippen LogP) is 3.28. The minimum absolute atomic E-state index is 0.0444. The molecule has 7 nitrogen and oxygen atoms in total. The zero-order valence-corrected chi connectivity index (χ0v) is 20.0. The average Bonchev–Trinajstić information content (AvgIpc) is 3.12. The van der Waals surface area contributed by atoms with Crippen LogP contribution >= 0.6 is 11.6 Å². The topological polar surface area (TPSA) is 86.8 Å². The molecule has 1 saturated heterocycles. The molecule has 0 atom stereocenters. The zero-order chi connectivity index (χ0) is 24.0. The van der Waals surface area contributed by atoms with Crippen molar-refractivity contribution >= 4 is 39.1 Å². The van der Waals surface area contributed by atoms with Crippen LogP contribution in [0.1, 0.15) is 41.6 Å². The third-order valence-corrected chi connectivity index (χ3v) is 7.89. The lowest BCUT2D eigenvalue weighted by Crippen LogP contribution is -2.40. The summed E-state index contributed by atoms with van der Waals surface area (Å²) < 4.78 is 28.1. The first-order valence-corrected chi connectivity index (χ1v) is 12.5. The number of benzene rings is 2. The summed E-state index contributed by atoms with van der Waals surface area (Å²) in [6.45, 7) is 0.567. The third kappa shape index (κ3) is 5.74. The molecule has 0 radical (unpaired) electrons. The highest BCUT2D eigenvalue weighted by Gasteiger charge is 2.29. The number of halogens is 1. The van der Waals surface area contributed by atoms with E-state index in [1.807, 2.05) is 0 Å². The SMILES string of the molecule is C#Cc1cccc(N(CC(=O)NC)C(=O)c2ccc(Cl)c(S(=O)(=O)N3CCCCCC3)c2)c1. The van der Waals surface area contributed by atoms with Gasteiger partial charge < -0.3 is 5.32 Å². The quantitative estimate of drug-likeness (QED) is 0.633. The molecule has 9 heteroatoms. The molecule has 33 heavy (non-hydrogen) atoms. The van der Waals surface area contributed by atoms with Gasteiger partial charge in [-0.25, -0.2) is 8.42 Å². The van der Waals surface area contributed by atoms with E-state index in [4.69, 9.17) is 18.0 Å². The van der Waals surface area contributed by atoms with E-state index in [2.05, 4.69) is 11.2 Å². The van der Waals surface area contributed by atoms with E-state index in [1.54, 1.807) is 24.3 Å². The van der Waals surface area contributed by atoms with Gasteiger partial charge in [-0.05, 0) is 49.2 Å². The maximum atomic E-state index is 13.5. The molecule has 0 saturated carbocycles. The number of hydrogen-bond acceptors (Lipinski definition) is 4. The van der Waals surface area contributed by atoms with Gasteiger partial charge in [0.1, 0.15) is 11.4 Å². The Balaban J connectivity index is 2.02. The second kappa shape index (κ2) is 10.8. The molecule has 2 aromatic carbocycles. The number of carbonyl (C=O) groups is 2. The van der Waals surface area contributed by atoms with Crippen LogP contribution < -0.4 is 10.2 Å². The van der Waals surface area contributed by atoms with E-state index in [1.165, 1.54) is 34.5 Å². The molecular weight excluding hydrogens is 462 g/mol. The third-order valence-electron chi connectivity index (χ3n) is 5.51. The van der Waals surface area contributed by atoms with Crippen molar-refractivity contribution < 1.29 is 18.0 Å². The number of terminal acetylenes is 1. The summed E-state index contributed by atoms with van der Waals surface area (Å²) in [6.07, 6.45) is 8.99. The van der Waals surface area contributed by atoms with Crippen LogP contribution in [0.2, 0.25) is 5.02 Å². The van der Waals surface area contributed by atoms with Gasteiger partial charge in [-0.2, -0.15) is 4.31 Å². The fourth-order valence-electron chi connectivity index (χ4n) is 3.68. The Bertz CT molecular complexity index is 1180. The van der Waals surface area contributed by atoms with Crippen LogP contribution in [0.25, 0.3) is 0 Å². The number of carbonyl (C=O) groups excluding carboxylic acids is 2. The van der Waals surface area contributed by atoms with Crippen molar-refractivity contribution in [3.8, 4) is 12.3 Å². The zero-order valence-electron chi connectivity index (χ0n) is 18.4. The van der Waals surface area contributed by atoms with E-state index < -0.39 is 15.9 Å². The minimum atomic E-state index is -3.88. The number of nitrogens with zero attached hydrogens (tertiary/aromatic N) is 2. The normalized spacial score (nSPS) is 14.7. The van der Waals surface area contributed by atoms with Gasteiger partial charge >= 0.3 is 0 Å². The molecule has 1 heterocycles. The van der Waals surface area contributed by atoms with Crippen molar-refractivity contribution in [3.63, 3.8) is 0 Å². The van der Waals surface area contributed by atoms with E-state index in [-0.39, 0.29) is 27.9 Å². The first kappa shape index (κ1) is 24.8. The largest absolute Gasteiger partial charge is 0.358 e. The number of sulfonamides is 1. The van der Waals surface area contributed by atoms with Gasteiger partial charge in [-0.1, -0.05) is 36.4 Å². The highest BCUT2D eigenvalue weighted by Crippen LogP contribution is 2.29. The molecule has 1 aliphatic heterocycles. The monoisotopic (exact) mass is 487 g/mol. The van der Waals surface area contributed by atoms with Gasteiger partial charge in [-0.3, -0.25) is 14.5 Å². The molecule has 1 fully saturated rings. The fourth-order valence-corrected chi connectivity index (χ4v) is 5.70. The van der Waals surface area contributed by atoms with Crippen LogP contribution in [0.15, 0.2) is 47.4 Å². The van der Waals surface area contributed by atoms with Crippen LogP contribution in [-0.2, 0) is 14.8 Å². The summed E-state index contributed by atoms with van der Waals surface area (Å²) in [6, 6.07) is 10.8. The predicted molar refractivity (Wildman–Crippen MR) is 129 cm³/mol. The Morgan fingerprint density at radius 2 is 1.82 bits per heavy atom. The number of likely N-dealkylation sites (N-methyl/N-ethyl adjacent to an activating group) is 1. The van der Waals surface area contributed by atoms with Crippen molar-refractivity contribution in [1.82, 2.24) is 9.62 Å². The van der Waals surface area contributed by atoms with Crippen LogP contribution in [-0.4, -0.2) is 51.2 Å². The van der Waals surface area contributed by atoms with Gasteiger partial charge in [0.25, 0.3) is 5.91 Å². The van der Waals surface area contributed by atoms with Crippen LogP contribution in [0.3, 0.4) is 0 Å². The van der Waals surface area contributed by atoms with E-state index >= 15 is 0 Å². The molecular formula is C24H26ClN3O4S. The van der Waals surface area contributed by atoms with E-state index in [0.717, 1.165) is 25.7 Å². The molecule has 3 rings (SSSR count). The van der Waals surface area contributed by atoms with E-state index in [0.29, 0.717) is 24.3 Å². The van der Waals surface area contributed by atoms with Crippen molar-refractivity contribution in [2.45, 2.75) is 30.6 Å². The highest BCUT2D eigenvalue weighted by molar-refractivity contribution is 7.89.